The van der Waals surface area contributed by atoms with E-state index in [1.165, 1.54) is 58.8 Å². The number of rotatable bonds is 7. The summed E-state index contributed by atoms with van der Waals surface area (Å²) in [6, 6.07) is 73.7. The molecule has 0 aliphatic rings. The predicted molar refractivity (Wildman–Crippen MR) is 241 cm³/mol. The number of benzene rings is 9. The Kier molecular flexibility index (Phi) is 8.01. The normalized spacial score (nSPS) is 11.5. The van der Waals surface area contributed by atoms with E-state index in [1.54, 1.807) is 11.3 Å². The molecule has 0 radical (unpaired) electrons. The molecule has 0 amide bonds. The molecular formula is C53H34N2OS. The van der Waals surface area contributed by atoms with E-state index in [-0.39, 0.29) is 0 Å². The Morgan fingerprint density at radius 2 is 0.930 bits per heavy atom. The molecule has 11 aromatic rings. The molecule has 0 saturated carbocycles. The molecular weight excluding hydrogens is 713 g/mol. The third-order valence-electron chi connectivity index (χ3n) is 10.9. The highest BCUT2D eigenvalue weighted by Gasteiger charge is 2.16. The lowest BCUT2D eigenvalue weighted by molar-refractivity contribution is 0.620. The van der Waals surface area contributed by atoms with Gasteiger partial charge in [-0.25, -0.2) is 4.98 Å². The van der Waals surface area contributed by atoms with Crippen LogP contribution in [-0.2, 0) is 0 Å². The van der Waals surface area contributed by atoms with Crippen molar-refractivity contribution >= 4 is 70.4 Å². The summed E-state index contributed by atoms with van der Waals surface area (Å²) in [5, 5.41) is 4.91. The van der Waals surface area contributed by atoms with E-state index in [1.807, 2.05) is 30.3 Å². The maximum absolute atomic E-state index is 6.27. The van der Waals surface area contributed by atoms with Crippen molar-refractivity contribution in [3.63, 3.8) is 0 Å². The van der Waals surface area contributed by atoms with Crippen LogP contribution in [0.2, 0.25) is 0 Å². The smallest absolute Gasteiger partial charge is 0.227 e. The Morgan fingerprint density at radius 3 is 1.67 bits per heavy atom. The van der Waals surface area contributed by atoms with Crippen LogP contribution >= 0.6 is 11.3 Å². The largest absolute Gasteiger partial charge is 0.436 e. The number of nitrogens with zero attached hydrogens (tertiary/aromatic N) is 2. The van der Waals surface area contributed by atoms with Crippen molar-refractivity contribution in [2.45, 2.75) is 0 Å². The SMILES string of the molecule is c1ccc(-c2cccc(N(c3ccc(-c4ccc5ccccc5c4)cc3)c3ccc(-c4ccc5sc6cc7nc(-c8ccccc8)oc7cc6c5c4)cc3)c2)cc1. The lowest BCUT2D eigenvalue weighted by atomic mass is 10.00. The fourth-order valence-corrected chi connectivity index (χ4v) is 9.06. The van der Waals surface area contributed by atoms with Crippen molar-refractivity contribution in [3.05, 3.63) is 206 Å². The highest BCUT2D eigenvalue weighted by Crippen LogP contribution is 2.41. The van der Waals surface area contributed by atoms with Gasteiger partial charge in [-0.15, -0.1) is 11.3 Å². The van der Waals surface area contributed by atoms with Crippen LogP contribution in [0.1, 0.15) is 0 Å². The van der Waals surface area contributed by atoms with Gasteiger partial charge in [0.25, 0.3) is 0 Å². The number of thiophene rings is 1. The zero-order chi connectivity index (χ0) is 37.7. The molecule has 0 spiro atoms. The van der Waals surface area contributed by atoms with Gasteiger partial charge in [-0.05, 0) is 123 Å². The summed E-state index contributed by atoms with van der Waals surface area (Å²) in [6.45, 7) is 0. The molecule has 0 bridgehead atoms. The van der Waals surface area contributed by atoms with Crippen LogP contribution in [0.4, 0.5) is 17.1 Å². The van der Waals surface area contributed by atoms with Crippen LogP contribution in [-0.4, -0.2) is 4.98 Å². The first-order chi connectivity index (χ1) is 28.2. The zero-order valence-corrected chi connectivity index (χ0v) is 31.7. The van der Waals surface area contributed by atoms with E-state index < -0.39 is 0 Å². The predicted octanol–water partition coefficient (Wildman–Crippen LogP) is 15.5. The van der Waals surface area contributed by atoms with E-state index in [0.717, 1.165) is 39.3 Å². The van der Waals surface area contributed by atoms with Crippen LogP contribution in [0.15, 0.2) is 211 Å². The van der Waals surface area contributed by atoms with Crippen molar-refractivity contribution in [2.75, 3.05) is 4.90 Å². The second-order valence-corrected chi connectivity index (χ2v) is 15.5. The molecule has 0 aliphatic carbocycles. The maximum Gasteiger partial charge on any atom is 0.227 e. The van der Waals surface area contributed by atoms with Crippen molar-refractivity contribution in [2.24, 2.45) is 0 Å². The first-order valence-corrected chi connectivity index (χ1v) is 20.0. The molecule has 0 saturated heterocycles. The molecule has 0 aliphatic heterocycles. The molecule has 11 rings (SSSR count). The maximum atomic E-state index is 6.27. The minimum absolute atomic E-state index is 0.648. The Labute approximate surface area is 334 Å². The molecule has 0 N–H and O–H groups in total. The van der Waals surface area contributed by atoms with Crippen molar-refractivity contribution in [1.29, 1.82) is 0 Å². The van der Waals surface area contributed by atoms with Gasteiger partial charge in [0.2, 0.25) is 5.89 Å². The Morgan fingerprint density at radius 1 is 0.368 bits per heavy atom. The van der Waals surface area contributed by atoms with Gasteiger partial charge in [-0.1, -0.05) is 127 Å². The van der Waals surface area contributed by atoms with E-state index in [2.05, 4.69) is 181 Å². The molecule has 268 valence electrons. The Balaban J connectivity index is 0.960. The van der Waals surface area contributed by atoms with Gasteiger partial charge in [0.15, 0.2) is 5.58 Å². The van der Waals surface area contributed by atoms with Crippen LogP contribution < -0.4 is 4.90 Å². The monoisotopic (exact) mass is 746 g/mol. The molecule has 2 heterocycles. The standard InChI is InChI=1S/C53H34N2OS/c1-3-10-35(11-4-1)41-16-9-17-46(31-41)55(44-25-20-37(21-26-44)42-19-18-36-12-7-8-15-40(36)30-42)45-27-22-38(23-28-45)43-24-29-51-47(32-43)48-33-50-49(34-52(48)57-51)54-53(56-50)39-13-5-2-6-14-39/h1-34H. The van der Waals surface area contributed by atoms with Gasteiger partial charge in [-0.3, -0.25) is 0 Å². The minimum Gasteiger partial charge on any atom is -0.436 e. The minimum atomic E-state index is 0.648. The van der Waals surface area contributed by atoms with Gasteiger partial charge in [0.05, 0.1) is 0 Å². The number of hydrogen-bond acceptors (Lipinski definition) is 4. The van der Waals surface area contributed by atoms with Crippen molar-refractivity contribution in [3.8, 4) is 44.8 Å². The Bertz CT molecular complexity index is 3220. The number of anilines is 3. The van der Waals surface area contributed by atoms with Crippen LogP contribution in [0.25, 0.3) is 86.9 Å². The average Bonchev–Trinajstić information content (AvgIpc) is 3.87. The van der Waals surface area contributed by atoms with Gasteiger partial charge in [-0.2, -0.15) is 0 Å². The number of fused-ring (bicyclic) bond motifs is 5. The van der Waals surface area contributed by atoms with Gasteiger partial charge in [0, 0.05) is 42.8 Å². The number of aromatic nitrogens is 1. The first kappa shape index (κ1) is 33.1. The fraction of sp³-hybridized carbons (Fsp3) is 0. The average molecular weight is 747 g/mol. The molecule has 0 unspecified atom stereocenters. The highest BCUT2D eigenvalue weighted by molar-refractivity contribution is 7.25. The van der Waals surface area contributed by atoms with Gasteiger partial charge >= 0.3 is 0 Å². The van der Waals surface area contributed by atoms with E-state index in [9.17, 15) is 0 Å². The summed E-state index contributed by atoms with van der Waals surface area (Å²) in [5.41, 5.74) is 13.1. The summed E-state index contributed by atoms with van der Waals surface area (Å²) in [6.07, 6.45) is 0. The van der Waals surface area contributed by atoms with E-state index >= 15 is 0 Å². The zero-order valence-electron chi connectivity index (χ0n) is 30.8. The quantitative estimate of drug-likeness (QED) is 0.163. The van der Waals surface area contributed by atoms with E-state index in [0.29, 0.717) is 5.89 Å². The summed E-state index contributed by atoms with van der Waals surface area (Å²) in [7, 11) is 0. The summed E-state index contributed by atoms with van der Waals surface area (Å²) >= 11 is 1.80. The van der Waals surface area contributed by atoms with Crippen LogP contribution in [0.5, 0.6) is 0 Å². The van der Waals surface area contributed by atoms with Crippen LogP contribution in [0, 0.1) is 0 Å². The topological polar surface area (TPSA) is 29.3 Å². The van der Waals surface area contributed by atoms with Gasteiger partial charge in [0.1, 0.15) is 5.52 Å². The summed E-state index contributed by atoms with van der Waals surface area (Å²) in [5.74, 6) is 0.648. The number of oxazole rings is 1. The fourth-order valence-electron chi connectivity index (χ4n) is 7.96. The second-order valence-electron chi connectivity index (χ2n) is 14.4. The molecule has 2 aromatic heterocycles. The lowest BCUT2D eigenvalue weighted by Crippen LogP contribution is -2.10. The lowest BCUT2D eigenvalue weighted by Gasteiger charge is -2.26. The summed E-state index contributed by atoms with van der Waals surface area (Å²) < 4.78 is 8.72. The van der Waals surface area contributed by atoms with Crippen LogP contribution in [0.3, 0.4) is 0 Å². The molecule has 3 nitrogen and oxygen atoms in total. The molecule has 57 heavy (non-hydrogen) atoms. The Hall–Kier alpha value is -7.27. The first-order valence-electron chi connectivity index (χ1n) is 19.2. The molecule has 0 fully saturated rings. The summed E-state index contributed by atoms with van der Waals surface area (Å²) in [4.78, 5) is 7.17. The highest BCUT2D eigenvalue weighted by atomic mass is 32.1. The third-order valence-corrected chi connectivity index (χ3v) is 12.0. The molecule has 4 heteroatoms. The molecule has 9 aromatic carbocycles. The van der Waals surface area contributed by atoms with Gasteiger partial charge < -0.3 is 9.32 Å². The van der Waals surface area contributed by atoms with Crippen molar-refractivity contribution in [1.82, 2.24) is 4.98 Å². The molecule has 0 atom stereocenters. The van der Waals surface area contributed by atoms with Crippen molar-refractivity contribution < 1.29 is 4.42 Å². The number of hydrogen-bond donors (Lipinski definition) is 0. The van der Waals surface area contributed by atoms with E-state index in [4.69, 9.17) is 9.40 Å². The second kappa shape index (κ2) is 13.8. The third kappa shape index (κ3) is 6.13.